The van der Waals surface area contributed by atoms with Crippen molar-refractivity contribution in [2.24, 2.45) is 0 Å². The third kappa shape index (κ3) is 3.22. The number of benzene rings is 1. The first-order valence-electron chi connectivity index (χ1n) is 7.10. The second kappa shape index (κ2) is 5.84. The van der Waals surface area contributed by atoms with Crippen molar-refractivity contribution < 1.29 is 0 Å². The third-order valence-electron chi connectivity index (χ3n) is 3.54. The number of hydrogen-bond donors (Lipinski definition) is 1. The Morgan fingerprint density at radius 3 is 2.75 bits per heavy atom. The van der Waals surface area contributed by atoms with Crippen molar-refractivity contribution in [1.29, 1.82) is 0 Å². The fourth-order valence-corrected chi connectivity index (χ4v) is 3.44. The molecular formula is C16H19ClN2S. The standard InChI is InChI=1S/C16H19ClN2S/c1-10(2)14-9-20-16(19-14)15(18-13-6-7-13)11-4-3-5-12(17)8-11/h3-5,8-10,13,15,18H,6-7H2,1-2H3. The lowest BCUT2D eigenvalue weighted by atomic mass is 10.1. The molecule has 1 aliphatic carbocycles. The predicted octanol–water partition coefficient (Wildman–Crippen LogP) is 4.76. The normalized spacial score (nSPS) is 16.6. The molecule has 1 N–H and O–H groups in total. The minimum absolute atomic E-state index is 0.165. The quantitative estimate of drug-likeness (QED) is 0.861. The van der Waals surface area contributed by atoms with Crippen molar-refractivity contribution in [2.75, 3.05) is 0 Å². The Morgan fingerprint density at radius 1 is 1.35 bits per heavy atom. The van der Waals surface area contributed by atoms with Crippen molar-refractivity contribution in [3.8, 4) is 0 Å². The van der Waals surface area contributed by atoms with E-state index in [4.69, 9.17) is 16.6 Å². The maximum atomic E-state index is 6.14. The van der Waals surface area contributed by atoms with Crippen LogP contribution in [-0.2, 0) is 0 Å². The van der Waals surface area contributed by atoms with Gasteiger partial charge in [-0.25, -0.2) is 4.98 Å². The summed E-state index contributed by atoms with van der Waals surface area (Å²) in [6.45, 7) is 4.36. The Morgan fingerprint density at radius 2 is 2.15 bits per heavy atom. The highest BCUT2D eigenvalue weighted by Gasteiger charge is 2.28. The molecule has 1 aliphatic rings. The van der Waals surface area contributed by atoms with Gasteiger partial charge in [-0.3, -0.25) is 0 Å². The molecule has 2 nitrogen and oxygen atoms in total. The molecular weight excluding hydrogens is 288 g/mol. The van der Waals surface area contributed by atoms with E-state index < -0.39 is 0 Å². The first kappa shape index (κ1) is 14.1. The van der Waals surface area contributed by atoms with E-state index >= 15 is 0 Å². The van der Waals surface area contributed by atoms with Gasteiger partial charge in [-0.2, -0.15) is 0 Å². The summed E-state index contributed by atoms with van der Waals surface area (Å²) in [5.41, 5.74) is 2.38. The number of hydrogen-bond acceptors (Lipinski definition) is 3. The fourth-order valence-electron chi connectivity index (χ4n) is 2.18. The lowest BCUT2D eigenvalue weighted by Gasteiger charge is -2.17. The summed E-state index contributed by atoms with van der Waals surface area (Å²) in [6.07, 6.45) is 2.53. The van der Waals surface area contributed by atoms with Crippen LogP contribution < -0.4 is 5.32 Å². The van der Waals surface area contributed by atoms with Crippen molar-refractivity contribution in [3.05, 3.63) is 50.9 Å². The highest BCUT2D eigenvalue weighted by atomic mass is 35.5. The van der Waals surface area contributed by atoms with Gasteiger partial charge in [0.05, 0.1) is 11.7 Å². The molecule has 0 saturated heterocycles. The predicted molar refractivity (Wildman–Crippen MR) is 85.7 cm³/mol. The van der Waals surface area contributed by atoms with Gasteiger partial charge in [-0.05, 0) is 36.5 Å². The SMILES string of the molecule is CC(C)c1csc(C(NC2CC2)c2cccc(Cl)c2)n1. The van der Waals surface area contributed by atoms with Gasteiger partial charge < -0.3 is 5.32 Å². The van der Waals surface area contributed by atoms with Crippen molar-refractivity contribution in [3.63, 3.8) is 0 Å². The maximum absolute atomic E-state index is 6.14. The van der Waals surface area contributed by atoms with E-state index in [1.807, 2.05) is 18.2 Å². The zero-order chi connectivity index (χ0) is 14.1. The Labute approximate surface area is 129 Å². The minimum Gasteiger partial charge on any atom is -0.301 e. The summed E-state index contributed by atoms with van der Waals surface area (Å²) in [6, 6.07) is 8.89. The molecule has 0 radical (unpaired) electrons. The van der Waals surface area contributed by atoms with E-state index in [9.17, 15) is 0 Å². The number of nitrogens with zero attached hydrogens (tertiary/aromatic N) is 1. The summed E-state index contributed by atoms with van der Waals surface area (Å²) < 4.78 is 0. The van der Waals surface area contributed by atoms with E-state index in [-0.39, 0.29) is 6.04 Å². The van der Waals surface area contributed by atoms with E-state index in [1.165, 1.54) is 24.1 Å². The molecule has 0 amide bonds. The first-order valence-corrected chi connectivity index (χ1v) is 8.36. The van der Waals surface area contributed by atoms with Gasteiger partial charge in [0.15, 0.2) is 0 Å². The van der Waals surface area contributed by atoms with Gasteiger partial charge >= 0.3 is 0 Å². The summed E-state index contributed by atoms with van der Waals surface area (Å²) in [7, 11) is 0. The smallest absolute Gasteiger partial charge is 0.114 e. The molecule has 1 saturated carbocycles. The van der Waals surface area contributed by atoms with Gasteiger partial charge in [0.25, 0.3) is 0 Å². The monoisotopic (exact) mass is 306 g/mol. The topological polar surface area (TPSA) is 24.9 Å². The van der Waals surface area contributed by atoms with E-state index in [1.54, 1.807) is 11.3 Å². The Bertz CT molecular complexity index is 590. The summed E-state index contributed by atoms with van der Waals surface area (Å²) in [4.78, 5) is 4.81. The number of thiazole rings is 1. The fraction of sp³-hybridized carbons (Fsp3) is 0.438. The van der Waals surface area contributed by atoms with Crippen LogP contribution in [0.5, 0.6) is 0 Å². The van der Waals surface area contributed by atoms with E-state index in [0.29, 0.717) is 12.0 Å². The van der Waals surface area contributed by atoms with Crippen LogP contribution in [0.3, 0.4) is 0 Å². The molecule has 1 heterocycles. The zero-order valence-electron chi connectivity index (χ0n) is 11.8. The van der Waals surface area contributed by atoms with Crippen LogP contribution in [-0.4, -0.2) is 11.0 Å². The van der Waals surface area contributed by atoms with Crippen molar-refractivity contribution >= 4 is 22.9 Å². The van der Waals surface area contributed by atoms with Gasteiger partial charge in [0.1, 0.15) is 5.01 Å². The lowest BCUT2D eigenvalue weighted by molar-refractivity contribution is 0.595. The van der Waals surface area contributed by atoms with Crippen LogP contribution in [0.2, 0.25) is 5.02 Å². The molecule has 1 fully saturated rings. The molecule has 1 atom stereocenters. The zero-order valence-corrected chi connectivity index (χ0v) is 13.3. The Hall–Kier alpha value is -0.900. The van der Waals surface area contributed by atoms with Crippen molar-refractivity contribution in [2.45, 2.75) is 44.7 Å². The molecule has 1 aromatic heterocycles. The molecule has 4 heteroatoms. The lowest BCUT2D eigenvalue weighted by Crippen LogP contribution is -2.24. The van der Waals surface area contributed by atoms with E-state index in [0.717, 1.165) is 10.0 Å². The van der Waals surface area contributed by atoms with Crippen LogP contribution in [0.4, 0.5) is 0 Å². The van der Waals surface area contributed by atoms with Crippen LogP contribution >= 0.6 is 22.9 Å². The van der Waals surface area contributed by atoms with Gasteiger partial charge in [-0.1, -0.05) is 37.6 Å². The van der Waals surface area contributed by atoms with Crippen LogP contribution in [0.1, 0.15) is 54.9 Å². The number of rotatable bonds is 5. The Kier molecular flexibility index (Phi) is 4.11. The first-order chi connectivity index (χ1) is 9.63. The molecule has 1 aromatic carbocycles. The molecule has 20 heavy (non-hydrogen) atoms. The van der Waals surface area contributed by atoms with Gasteiger partial charge in [0, 0.05) is 16.4 Å². The second-order valence-electron chi connectivity index (χ2n) is 5.69. The van der Waals surface area contributed by atoms with Crippen LogP contribution in [0.25, 0.3) is 0 Å². The average molecular weight is 307 g/mol. The second-order valence-corrected chi connectivity index (χ2v) is 7.02. The highest BCUT2D eigenvalue weighted by molar-refractivity contribution is 7.09. The summed E-state index contributed by atoms with van der Waals surface area (Å²) in [5.74, 6) is 0.473. The molecule has 0 bridgehead atoms. The summed E-state index contributed by atoms with van der Waals surface area (Å²) in [5, 5.41) is 7.79. The van der Waals surface area contributed by atoms with Gasteiger partial charge in [0.2, 0.25) is 0 Å². The minimum atomic E-state index is 0.165. The van der Waals surface area contributed by atoms with Crippen LogP contribution in [0, 0.1) is 0 Å². The molecule has 3 rings (SSSR count). The molecule has 0 aliphatic heterocycles. The molecule has 106 valence electrons. The molecule has 2 aromatic rings. The molecule has 0 spiro atoms. The number of halogens is 1. The molecule has 1 unspecified atom stereocenters. The summed E-state index contributed by atoms with van der Waals surface area (Å²) >= 11 is 7.88. The highest BCUT2D eigenvalue weighted by Crippen LogP contribution is 2.32. The van der Waals surface area contributed by atoms with Crippen molar-refractivity contribution in [1.82, 2.24) is 10.3 Å². The van der Waals surface area contributed by atoms with Crippen LogP contribution in [0.15, 0.2) is 29.6 Å². The third-order valence-corrected chi connectivity index (χ3v) is 4.70. The average Bonchev–Trinajstić information content (AvgIpc) is 3.10. The van der Waals surface area contributed by atoms with Gasteiger partial charge in [-0.15, -0.1) is 11.3 Å². The Balaban J connectivity index is 1.92. The largest absolute Gasteiger partial charge is 0.301 e. The number of aromatic nitrogens is 1. The maximum Gasteiger partial charge on any atom is 0.114 e. The van der Waals surface area contributed by atoms with E-state index in [2.05, 4.69) is 30.6 Å². The number of nitrogens with one attached hydrogen (secondary N) is 1.